The average Bonchev–Trinajstić information content (AvgIpc) is 2.36. The first-order chi connectivity index (χ1) is 10.4. The number of aliphatic hydroxyl groups is 1. The number of hydrogen-bond acceptors (Lipinski definition) is 3. The van der Waals surface area contributed by atoms with Gasteiger partial charge < -0.3 is 9.84 Å². The molecular weight excluding hydrogens is 377 g/mol. The Morgan fingerprint density at radius 1 is 0.875 bits per heavy atom. The van der Waals surface area contributed by atoms with Crippen molar-refractivity contribution >= 4 is 5.97 Å². The molecule has 0 saturated carbocycles. The number of esters is 1. The van der Waals surface area contributed by atoms with Crippen molar-refractivity contribution in [3.05, 3.63) is 0 Å². The number of rotatable bonds is 7. The van der Waals surface area contributed by atoms with E-state index in [1.54, 1.807) is 0 Å². The van der Waals surface area contributed by atoms with Crippen LogP contribution in [0.15, 0.2) is 0 Å². The Morgan fingerprint density at radius 2 is 1.29 bits per heavy atom. The van der Waals surface area contributed by atoms with Crippen LogP contribution in [-0.2, 0) is 9.53 Å². The van der Waals surface area contributed by atoms with Crippen molar-refractivity contribution in [2.24, 2.45) is 0 Å². The molecule has 0 radical (unpaired) electrons. The molecule has 0 fully saturated rings. The van der Waals surface area contributed by atoms with Crippen molar-refractivity contribution in [1.82, 2.24) is 0 Å². The third-order valence-electron chi connectivity index (χ3n) is 2.61. The number of alkyl halides is 11. The van der Waals surface area contributed by atoms with Crippen LogP contribution < -0.4 is 0 Å². The van der Waals surface area contributed by atoms with Crippen LogP contribution in [0.4, 0.5) is 48.3 Å². The minimum atomic E-state index is -7.57. The third kappa shape index (κ3) is 3.67. The molecule has 1 unspecified atom stereocenters. The number of aliphatic hydroxyl groups excluding tert-OH is 1. The third-order valence-corrected chi connectivity index (χ3v) is 2.61. The Kier molecular flexibility index (Phi) is 6.15. The Labute approximate surface area is 126 Å². The van der Waals surface area contributed by atoms with Gasteiger partial charge >= 0.3 is 35.8 Å². The SMILES string of the molecule is CCOC(=O)C(O)CC(F)(F)C(F)(F)C(F)(F)C(F)(F)C(F)(F)F. The molecule has 0 rings (SSSR count). The molecule has 0 aliphatic carbocycles. The van der Waals surface area contributed by atoms with Crippen LogP contribution in [-0.4, -0.2) is 53.7 Å². The highest BCUT2D eigenvalue weighted by molar-refractivity contribution is 5.74. The first-order valence-corrected chi connectivity index (χ1v) is 5.79. The molecule has 0 aliphatic rings. The first-order valence-electron chi connectivity index (χ1n) is 5.79. The van der Waals surface area contributed by atoms with Crippen LogP contribution in [0.25, 0.3) is 0 Å². The summed E-state index contributed by atoms with van der Waals surface area (Å²) in [6.07, 6.45) is -13.3. The van der Waals surface area contributed by atoms with Crippen LogP contribution in [0.2, 0.25) is 0 Å². The van der Waals surface area contributed by atoms with Crippen LogP contribution in [0.5, 0.6) is 0 Å². The zero-order valence-electron chi connectivity index (χ0n) is 11.4. The maximum atomic E-state index is 13.2. The Hall–Kier alpha value is -1.34. The van der Waals surface area contributed by atoms with E-state index in [0.717, 1.165) is 6.92 Å². The van der Waals surface area contributed by atoms with Gasteiger partial charge in [-0.3, -0.25) is 0 Å². The lowest BCUT2D eigenvalue weighted by atomic mass is 9.94. The largest absolute Gasteiger partial charge is 0.464 e. The van der Waals surface area contributed by atoms with Gasteiger partial charge in [0.1, 0.15) is 0 Å². The molecule has 0 bridgehead atoms. The van der Waals surface area contributed by atoms with Gasteiger partial charge in [0.15, 0.2) is 6.10 Å². The summed E-state index contributed by atoms with van der Waals surface area (Å²) in [7, 11) is 0. The van der Waals surface area contributed by atoms with Gasteiger partial charge in [-0.2, -0.15) is 48.3 Å². The van der Waals surface area contributed by atoms with Gasteiger partial charge in [-0.15, -0.1) is 0 Å². The summed E-state index contributed by atoms with van der Waals surface area (Å²) in [6.45, 7) is 0.523. The summed E-state index contributed by atoms with van der Waals surface area (Å²) in [4.78, 5) is 10.8. The monoisotopic (exact) mass is 386 g/mol. The first kappa shape index (κ1) is 22.7. The average molecular weight is 386 g/mol. The topological polar surface area (TPSA) is 46.5 Å². The lowest BCUT2D eigenvalue weighted by Gasteiger charge is -2.37. The fourth-order valence-electron chi connectivity index (χ4n) is 1.30. The number of carbonyl (C=O) groups is 1. The molecule has 0 amide bonds. The van der Waals surface area contributed by atoms with Crippen LogP contribution in [0.1, 0.15) is 13.3 Å². The summed E-state index contributed by atoms with van der Waals surface area (Å²) in [6, 6.07) is 0. The predicted octanol–water partition coefficient (Wildman–Crippen LogP) is 3.40. The second-order valence-electron chi connectivity index (χ2n) is 4.40. The number of halogens is 11. The summed E-state index contributed by atoms with van der Waals surface area (Å²) < 4.78 is 143. The van der Waals surface area contributed by atoms with E-state index in [9.17, 15) is 53.1 Å². The van der Waals surface area contributed by atoms with Gasteiger partial charge in [0.25, 0.3) is 0 Å². The fraction of sp³-hybridized carbons (Fsp3) is 0.900. The van der Waals surface area contributed by atoms with Gasteiger partial charge in [-0.1, -0.05) is 0 Å². The van der Waals surface area contributed by atoms with Crippen LogP contribution in [0.3, 0.4) is 0 Å². The molecule has 0 saturated heterocycles. The molecule has 0 heterocycles. The second kappa shape index (κ2) is 6.52. The van der Waals surface area contributed by atoms with E-state index < -0.39 is 55.0 Å². The highest BCUT2D eigenvalue weighted by Crippen LogP contribution is 2.58. The van der Waals surface area contributed by atoms with Crippen molar-refractivity contribution < 1.29 is 62.9 Å². The van der Waals surface area contributed by atoms with Gasteiger partial charge in [-0.05, 0) is 6.92 Å². The Balaban J connectivity index is 5.73. The van der Waals surface area contributed by atoms with Gasteiger partial charge in [0.05, 0.1) is 13.0 Å². The van der Waals surface area contributed by atoms with Gasteiger partial charge in [-0.25, -0.2) is 4.79 Å². The molecule has 0 aromatic heterocycles. The van der Waals surface area contributed by atoms with Gasteiger partial charge in [0, 0.05) is 0 Å². The summed E-state index contributed by atoms with van der Waals surface area (Å²) >= 11 is 0. The standard InChI is InChI=1S/C10H9F11O3/c1-2-24-5(23)4(22)3-6(11,12)7(13,14)8(15,16)9(17,18)10(19,20)21/h4,22H,2-3H2,1H3. The molecule has 144 valence electrons. The highest BCUT2D eigenvalue weighted by Gasteiger charge is 2.87. The zero-order chi connectivity index (χ0) is 19.8. The molecule has 0 spiro atoms. The lowest BCUT2D eigenvalue weighted by molar-refractivity contribution is -0.423. The maximum Gasteiger partial charge on any atom is 0.460 e. The van der Waals surface area contributed by atoms with Crippen molar-refractivity contribution in [3.8, 4) is 0 Å². The van der Waals surface area contributed by atoms with E-state index >= 15 is 0 Å². The normalized spacial score (nSPS) is 16.0. The minimum Gasteiger partial charge on any atom is -0.464 e. The van der Waals surface area contributed by atoms with Crippen LogP contribution in [0, 0.1) is 0 Å². The maximum absolute atomic E-state index is 13.2. The zero-order valence-corrected chi connectivity index (χ0v) is 11.4. The summed E-state index contributed by atoms with van der Waals surface area (Å²) in [5.74, 6) is -30.6. The fourth-order valence-corrected chi connectivity index (χ4v) is 1.30. The minimum absolute atomic E-state index is 0.555. The predicted molar refractivity (Wildman–Crippen MR) is 53.1 cm³/mol. The van der Waals surface area contributed by atoms with Crippen molar-refractivity contribution in [3.63, 3.8) is 0 Å². The van der Waals surface area contributed by atoms with E-state index in [0.29, 0.717) is 0 Å². The molecule has 24 heavy (non-hydrogen) atoms. The Bertz CT molecular complexity index is 457. The molecule has 0 aromatic carbocycles. The quantitative estimate of drug-likeness (QED) is 0.539. The van der Waals surface area contributed by atoms with Gasteiger partial charge in [0.2, 0.25) is 0 Å². The molecular formula is C10H9F11O3. The smallest absolute Gasteiger partial charge is 0.460 e. The molecule has 0 aliphatic heterocycles. The molecule has 0 aromatic rings. The summed E-state index contributed by atoms with van der Waals surface area (Å²) in [5, 5.41) is 8.83. The molecule has 14 heteroatoms. The lowest BCUT2D eigenvalue weighted by Crippen LogP contribution is -2.66. The second-order valence-corrected chi connectivity index (χ2v) is 4.40. The van der Waals surface area contributed by atoms with E-state index in [1.165, 1.54) is 0 Å². The molecule has 3 nitrogen and oxygen atoms in total. The summed E-state index contributed by atoms with van der Waals surface area (Å²) in [5.41, 5.74) is 0. The molecule has 1 atom stereocenters. The van der Waals surface area contributed by atoms with E-state index in [1.807, 2.05) is 0 Å². The van der Waals surface area contributed by atoms with Crippen molar-refractivity contribution in [2.45, 2.75) is 49.3 Å². The van der Waals surface area contributed by atoms with E-state index in [-0.39, 0.29) is 0 Å². The van der Waals surface area contributed by atoms with Crippen molar-refractivity contribution in [1.29, 1.82) is 0 Å². The Morgan fingerprint density at radius 3 is 1.62 bits per heavy atom. The number of ether oxygens (including phenoxy) is 1. The molecule has 1 N–H and O–H groups in total. The van der Waals surface area contributed by atoms with Crippen molar-refractivity contribution in [2.75, 3.05) is 6.61 Å². The number of carbonyl (C=O) groups excluding carboxylic acids is 1. The number of hydrogen-bond donors (Lipinski definition) is 1. The van der Waals surface area contributed by atoms with Crippen LogP contribution >= 0.6 is 0 Å². The highest BCUT2D eigenvalue weighted by atomic mass is 19.4. The van der Waals surface area contributed by atoms with E-state index in [2.05, 4.69) is 4.74 Å². The van der Waals surface area contributed by atoms with E-state index in [4.69, 9.17) is 5.11 Å².